The number of nitrogens with one attached hydrogen (secondary N) is 1. The van der Waals surface area contributed by atoms with Crippen LogP contribution in [0.1, 0.15) is 39.3 Å². The van der Waals surface area contributed by atoms with E-state index in [1.54, 1.807) is 19.0 Å². The van der Waals surface area contributed by atoms with Gasteiger partial charge in [0.2, 0.25) is 0 Å². The molecule has 3 amide bonds. The van der Waals surface area contributed by atoms with Crippen molar-refractivity contribution in [3.8, 4) is 5.75 Å². The lowest BCUT2D eigenvalue weighted by Gasteiger charge is -2.39. The predicted molar refractivity (Wildman–Crippen MR) is 99.3 cm³/mol. The molecule has 1 saturated heterocycles. The Labute approximate surface area is 155 Å². The summed E-state index contributed by atoms with van der Waals surface area (Å²) < 4.78 is 11.2. The van der Waals surface area contributed by atoms with Gasteiger partial charge in [-0.1, -0.05) is 12.1 Å². The van der Waals surface area contributed by atoms with Crippen molar-refractivity contribution in [3.05, 3.63) is 29.8 Å². The number of rotatable bonds is 4. The van der Waals surface area contributed by atoms with Gasteiger partial charge in [-0.15, -0.1) is 0 Å². The minimum atomic E-state index is -0.489. The van der Waals surface area contributed by atoms with Gasteiger partial charge in [0.05, 0.1) is 19.1 Å². The molecule has 2 rings (SSSR count). The predicted octanol–water partition coefficient (Wildman–Crippen LogP) is 3.02. The van der Waals surface area contributed by atoms with Crippen LogP contribution in [-0.4, -0.2) is 60.8 Å². The van der Waals surface area contributed by atoms with Crippen LogP contribution < -0.4 is 10.1 Å². The zero-order chi connectivity index (χ0) is 19.5. The highest BCUT2D eigenvalue weighted by Gasteiger charge is 2.35. The topological polar surface area (TPSA) is 71.1 Å². The molecule has 7 nitrogen and oxygen atoms in total. The number of ether oxygens (including phenoxy) is 2. The number of hydrogen-bond donors (Lipinski definition) is 1. The Kier molecular flexibility index (Phi) is 6.00. The maximum atomic E-state index is 11.9. The average molecular weight is 363 g/mol. The molecule has 1 aliphatic heterocycles. The number of amides is 3. The Morgan fingerprint density at radius 3 is 2.27 bits per heavy atom. The van der Waals surface area contributed by atoms with Gasteiger partial charge in [-0.2, -0.15) is 0 Å². The Bertz CT molecular complexity index is 631. The van der Waals surface area contributed by atoms with Crippen molar-refractivity contribution in [1.82, 2.24) is 15.1 Å². The molecule has 1 atom stereocenters. The highest BCUT2D eigenvalue weighted by Crippen LogP contribution is 2.22. The zero-order valence-electron chi connectivity index (χ0n) is 16.4. The van der Waals surface area contributed by atoms with Crippen molar-refractivity contribution in [2.24, 2.45) is 0 Å². The van der Waals surface area contributed by atoms with Crippen molar-refractivity contribution in [3.63, 3.8) is 0 Å². The Morgan fingerprint density at radius 1 is 1.19 bits per heavy atom. The fourth-order valence-electron chi connectivity index (χ4n) is 2.41. The Morgan fingerprint density at radius 2 is 1.77 bits per heavy atom. The van der Waals surface area contributed by atoms with E-state index in [1.165, 1.54) is 4.90 Å². The molecule has 0 aromatic heterocycles. The molecule has 0 unspecified atom stereocenters. The van der Waals surface area contributed by atoms with E-state index in [4.69, 9.17) is 9.47 Å². The smallest absolute Gasteiger partial charge is 0.410 e. The SMILES string of the molecule is C[C@H](NC(=O)N(C)C)c1ccc(OC2CN(C(=O)OC(C)(C)C)C2)cc1. The number of carbonyl (C=O) groups excluding carboxylic acids is 2. The van der Waals surface area contributed by atoms with Gasteiger partial charge in [0, 0.05) is 14.1 Å². The molecule has 7 heteroatoms. The highest BCUT2D eigenvalue weighted by molar-refractivity contribution is 5.74. The van der Waals surface area contributed by atoms with Gasteiger partial charge in [0.1, 0.15) is 17.5 Å². The average Bonchev–Trinajstić information content (AvgIpc) is 2.48. The van der Waals surface area contributed by atoms with Gasteiger partial charge < -0.3 is 24.6 Å². The molecular formula is C19H29N3O4. The van der Waals surface area contributed by atoms with Crippen molar-refractivity contribution in [2.75, 3.05) is 27.2 Å². The molecule has 26 heavy (non-hydrogen) atoms. The fourth-order valence-corrected chi connectivity index (χ4v) is 2.41. The van der Waals surface area contributed by atoms with Crippen LogP contribution in [0.4, 0.5) is 9.59 Å². The first-order valence-electron chi connectivity index (χ1n) is 8.77. The Balaban J connectivity index is 1.80. The standard InChI is InChI=1S/C19H29N3O4/c1-13(20-17(23)21(5)6)14-7-9-15(10-8-14)25-16-11-22(12-16)18(24)26-19(2,3)4/h7-10,13,16H,11-12H2,1-6H3,(H,20,23)/t13-/m0/s1. The van der Waals surface area contributed by atoms with E-state index in [-0.39, 0.29) is 24.3 Å². The molecule has 1 N–H and O–H groups in total. The second-order valence-electron chi connectivity index (χ2n) is 7.76. The molecule has 144 valence electrons. The monoisotopic (exact) mass is 363 g/mol. The van der Waals surface area contributed by atoms with Crippen LogP contribution in [-0.2, 0) is 4.74 Å². The number of hydrogen-bond acceptors (Lipinski definition) is 4. The number of urea groups is 1. The number of nitrogens with zero attached hydrogens (tertiary/aromatic N) is 2. The van der Waals surface area contributed by atoms with Crippen molar-refractivity contribution in [1.29, 1.82) is 0 Å². The summed E-state index contributed by atoms with van der Waals surface area (Å²) in [6.07, 6.45) is -0.336. The van der Waals surface area contributed by atoms with E-state index in [0.29, 0.717) is 13.1 Å². The summed E-state index contributed by atoms with van der Waals surface area (Å²) in [5, 5.41) is 2.90. The second kappa shape index (κ2) is 7.85. The van der Waals surface area contributed by atoms with Crippen LogP contribution in [0.3, 0.4) is 0 Å². The van der Waals surface area contributed by atoms with E-state index in [2.05, 4.69) is 5.32 Å². The van der Waals surface area contributed by atoms with Gasteiger partial charge in [-0.05, 0) is 45.4 Å². The van der Waals surface area contributed by atoms with E-state index in [1.807, 2.05) is 52.0 Å². The summed E-state index contributed by atoms with van der Waals surface area (Å²) in [5.74, 6) is 0.744. The molecule has 0 spiro atoms. The molecule has 0 radical (unpaired) electrons. The molecule has 1 fully saturated rings. The number of likely N-dealkylation sites (tertiary alicyclic amines) is 1. The van der Waals surface area contributed by atoms with Gasteiger partial charge in [0.15, 0.2) is 0 Å². The normalized spacial score (nSPS) is 15.7. The summed E-state index contributed by atoms with van der Waals surface area (Å²) in [6, 6.07) is 7.40. The summed E-state index contributed by atoms with van der Waals surface area (Å²) in [6.45, 7) is 8.52. The van der Waals surface area contributed by atoms with Crippen LogP contribution in [0.15, 0.2) is 24.3 Å². The van der Waals surface area contributed by atoms with Crippen LogP contribution in [0.25, 0.3) is 0 Å². The largest absolute Gasteiger partial charge is 0.487 e. The lowest BCUT2D eigenvalue weighted by atomic mass is 10.1. The highest BCUT2D eigenvalue weighted by atomic mass is 16.6. The summed E-state index contributed by atoms with van der Waals surface area (Å²) in [7, 11) is 3.41. The maximum absolute atomic E-state index is 11.9. The van der Waals surface area contributed by atoms with Gasteiger partial charge >= 0.3 is 12.1 Å². The zero-order valence-corrected chi connectivity index (χ0v) is 16.4. The third-order valence-corrected chi connectivity index (χ3v) is 3.93. The number of benzene rings is 1. The molecule has 1 heterocycles. The van der Waals surface area contributed by atoms with Crippen LogP contribution in [0, 0.1) is 0 Å². The van der Waals surface area contributed by atoms with Gasteiger partial charge in [0.25, 0.3) is 0 Å². The molecule has 0 bridgehead atoms. The molecule has 1 aliphatic rings. The summed E-state index contributed by atoms with van der Waals surface area (Å²) >= 11 is 0. The third kappa shape index (κ3) is 5.54. The maximum Gasteiger partial charge on any atom is 0.410 e. The second-order valence-corrected chi connectivity index (χ2v) is 7.76. The van der Waals surface area contributed by atoms with Crippen molar-refractivity contribution < 1.29 is 19.1 Å². The minimum absolute atomic E-state index is 0.0285. The van der Waals surface area contributed by atoms with E-state index >= 15 is 0 Å². The minimum Gasteiger partial charge on any atom is -0.487 e. The quantitative estimate of drug-likeness (QED) is 0.893. The Hall–Kier alpha value is -2.44. The van der Waals surface area contributed by atoms with E-state index < -0.39 is 5.60 Å². The third-order valence-electron chi connectivity index (χ3n) is 3.93. The summed E-state index contributed by atoms with van der Waals surface area (Å²) in [5.41, 5.74) is 0.508. The first-order valence-corrected chi connectivity index (χ1v) is 8.77. The summed E-state index contributed by atoms with van der Waals surface area (Å²) in [4.78, 5) is 26.7. The van der Waals surface area contributed by atoms with Crippen LogP contribution in [0.2, 0.25) is 0 Å². The molecule has 1 aromatic carbocycles. The van der Waals surface area contributed by atoms with Gasteiger partial charge in [-0.3, -0.25) is 0 Å². The first kappa shape index (κ1) is 19.9. The molecule has 0 saturated carbocycles. The van der Waals surface area contributed by atoms with Crippen molar-refractivity contribution in [2.45, 2.75) is 45.4 Å². The number of carbonyl (C=O) groups is 2. The van der Waals surface area contributed by atoms with Gasteiger partial charge in [-0.25, -0.2) is 9.59 Å². The van der Waals surface area contributed by atoms with E-state index in [0.717, 1.165) is 11.3 Å². The van der Waals surface area contributed by atoms with E-state index in [9.17, 15) is 9.59 Å². The lowest BCUT2D eigenvalue weighted by molar-refractivity contribution is -0.0221. The first-order chi connectivity index (χ1) is 12.0. The van der Waals surface area contributed by atoms with Crippen LogP contribution >= 0.6 is 0 Å². The molecule has 0 aliphatic carbocycles. The van der Waals surface area contributed by atoms with Crippen LogP contribution in [0.5, 0.6) is 5.75 Å². The molecule has 1 aromatic rings. The fraction of sp³-hybridized carbons (Fsp3) is 0.579. The van der Waals surface area contributed by atoms with Crippen molar-refractivity contribution >= 4 is 12.1 Å². The molecular weight excluding hydrogens is 334 g/mol. The lowest BCUT2D eigenvalue weighted by Crippen LogP contribution is -2.57.